The second-order valence-corrected chi connectivity index (χ2v) is 9.73. The molecule has 1 fully saturated rings. The number of aromatic nitrogens is 1. The first kappa shape index (κ1) is 24.1. The van der Waals surface area contributed by atoms with Gasteiger partial charge in [0.05, 0.1) is 37.1 Å². The largest absolute Gasteiger partial charge is 0.490 e. The third kappa shape index (κ3) is 4.27. The molecule has 0 amide bonds. The lowest BCUT2D eigenvalue weighted by Gasteiger charge is -2.44. The number of hydrogen-bond acceptors (Lipinski definition) is 7. The van der Waals surface area contributed by atoms with Crippen LogP contribution in [0.3, 0.4) is 0 Å². The number of carbonyl (C=O) groups is 1. The van der Waals surface area contributed by atoms with Crippen LogP contribution in [0.15, 0.2) is 29.2 Å². The van der Waals surface area contributed by atoms with Gasteiger partial charge in [-0.25, -0.2) is 4.79 Å². The maximum Gasteiger partial charge on any atom is 0.343 e. The van der Waals surface area contributed by atoms with Gasteiger partial charge in [0.1, 0.15) is 5.56 Å². The molecule has 184 valence electrons. The van der Waals surface area contributed by atoms with E-state index in [0.717, 1.165) is 36.1 Å². The Bertz CT molecular complexity index is 1140. The highest BCUT2D eigenvalue weighted by molar-refractivity contribution is 5.89. The number of rotatable bonds is 8. The van der Waals surface area contributed by atoms with E-state index in [4.69, 9.17) is 18.9 Å². The maximum atomic E-state index is 12.9. The summed E-state index contributed by atoms with van der Waals surface area (Å²) in [4.78, 5) is 25.2. The quantitative estimate of drug-likeness (QED) is 0.425. The molecule has 1 atom stereocenters. The first-order chi connectivity index (χ1) is 16.2. The molecule has 8 heteroatoms. The van der Waals surface area contributed by atoms with Crippen LogP contribution in [0.25, 0.3) is 11.3 Å². The Morgan fingerprint density at radius 2 is 1.91 bits per heavy atom. The minimum absolute atomic E-state index is 0.0212. The Labute approximate surface area is 200 Å². The number of fused-ring (bicyclic) bond motifs is 6. The number of ether oxygens (including phenoxy) is 4. The second-order valence-electron chi connectivity index (χ2n) is 9.73. The van der Waals surface area contributed by atoms with Gasteiger partial charge >= 0.3 is 5.97 Å². The van der Waals surface area contributed by atoms with Crippen LogP contribution < -0.4 is 19.9 Å². The summed E-state index contributed by atoms with van der Waals surface area (Å²) in [6, 6.07) is 5.61. The van der Waals surface area contributed by atoms with Gasteiger partial charge in [-0.1, -0.05) is 0 Å². The van der Waals surface area contributed by atoms with Crippen LogP contribution in [0.4, 0.5) is 0 Å². The molecule has 0 saturated carbocycles. The van der Waals surface area contributed by atoms with E-state index in [2.05, 4.69) is 24.9 Å². The molecule has 0 radical (unpaired) electrons. The maximum absolute atomic E-state index is 12.9. The molecule has 2 aromatic rings. The standard InChI is InChI=1S/C26H34N2O6/c1-16(2)34-24-13-18-17(12-23(24)33-11-7-10-31-5)20-8-9-26(3,4)28(20)27-15-19(25(30)32-6)22(29)14-21(18)27/h12-16,20H,7-11H2,1-6H3/t20-/m1/s1. The van der Waals surface area contributed by atoms with E-state index in [9.17, 15) is 9.59 Å². The van der Waals surface area contributed by atoms with E-state index in [1.165, 1.54) is 13.2 Å². The minimum atomic E-state index is -0.636. The Balaban J connectivity index is 1.90. The molecule has 4 rings (SSSR count). The van der Waals surface area contributed by atoms with Crippen LogP contribution in [0.2, 0.25) is 0 Å². The number of esters is 1. The normalized spacial score (nSPS) is 17.7. The molecule has 0 bridgehead atoms. The Kier molecular flexibility index (Phi) is 6.62. The summed E-state index contributed by atoms with van der Waals surface area (Å²) in [5.41, 5.74) is 2.20. The van der Waals surface area contributed by atoms with Gasteiger partial charge in [-0.3, -0.25) is 14.5 Å². The fraction of sp³-hybridized carbons (Fsp3) is 0.538. The molecule has 2 aliphatic rings. The van der Waals surface area contributed by atoms with Gasteiger partial charge in [0.15, 0.2) is 16.9 Å². The molecule has 2 aliphatic heterocycles. The number of methoxy groups -OCH3 is 2. The summed E-state index contributed by atoms with van der Waals surface area (Å²) >= 11 is 0. The van der Waals surface area contributed by atoms with E-state index < -0.39 is 5.97 Å². The van der Waals surface area contributed by atoms with Crippen molar-refractivity contribution in [3.63, 3.8) is 0 Å². The lowest BCUT2D eigenvalue weighted by Crippen LogP contribution is -2.50. The zero-order valence-electron chi connectivity index (χ0n) is 20.8. The molecular weight excluding hydrogens is 436 g/mol. The van der Waals surface area contributed by atoms with E-state index in [1.807, 2.05) is 24.6 Å². The number of pyridine rings is 1. The van der Waals surface area contributed by atoms with Crippen molar-refractivity contribution in [2.45, 2.75) is 64.6 Å². The number of hydrogen-bond donors (Lipinski definition) is 0. The fourth-order valence-electron chi connectivity index (χ4n) is 4.96. The van der Waals surface area contributed by atoms with Gasteiger partial charge in [0.25, 0.3) is 0 Å². The zero-order chi connectivity index (χ0) is 24.6. The lowest BCUT2D eigenvalue weighted by molar-refractivity contribution is 0.0598. The van der Waals surface area contributed by atoms with Crippen molar-refractivity contribution >= 4 is 5.97 Å². The Hall–Kier alpha value is -3.00. The first-order valence-electron chi connectivity index (χ1n) is 11.8. The van der Waals surface area contributed by atoms with Crippen LogP contribution in [0.5, 0.6) is 11.5 Å². The summed E-state index contributed by atoms with van der Waals surface area (Å²) < 4.78 is 24.2. The highest BCUT2D eigenvalue weighted by Gasteiger charge is 2.45. The van der Waals surface area contributed by atoms with Crippen LogP contribution in [0.1, 0.15) is 68.9 Å². The summed E-state index contributed by atoms with van der Waals surface area (Å²) in [5.74, 6) is 0.686. The van der Waals surface area contributed by atoms with Gasteiger partial charge in [0.2, 0.25) is 0 Å². The summed E-state index contributed by atoms with van der Waals surface area (Å²) in [6.07, 6.45) is 4.24. The van der Waals surface area contributed by atoms with E-state index >= 15 is 0 Å². The average Bonchev–Trinajstić information content (AvgIpc) is 3.11. The minimum Gasteiger partial charge on any atom is -0.490 e. The third-order valence-electron chi connectivity index (χ3n) is 6.48. The van der Waals surface area contributed by atoms with Crippen molar-refractivity contribution in [3.05, 3.63) is 45.7 Å². The molecule has 1 aromatic heterocycles. The zero-order valence-corrected chi connectivity index (χ0v) is 20.8. The first-order valence-corrected chi connectivity index (χ1v) is 11.8. The van der Waals surface area contributed by atoms with Crippen molar-refractivity contribution in [1.29, 1.82) is 0 Å². The smallest absolute Gasteiger partial charge is 0.343 e. The molecule has 0 N–H and O–H groups in total. The summed E-state index contributed by atoms with van der Waals surface area (Å²) in [7, 11) is 2.96. The summed E-state index contributed by atoms with van der Waals surface area (Å²) in [6.45, 7) is 9.42. The van der Waals surface area contributed by atoms with Gasteiger partial charge in [-0.05, 0) is 58.2 Å². The van der Waals surface area contributed by atoms with Gasteiger partial charge in [-0.2, -0.15) is 0 Å². The van der Waals surface area contributed by atoms with Crippen LogP contribution >= 0.6 is 0 Å². The van der Waals surface area contributed by atoms with Crippen LogP contribution in [-0.2, 0) is 9.47 Å². The van der Waals surface area contributed by atoms with Gasteiger partial charge < -0.3 is 18.9 Å². The van der Waals surface area contributed by atoms with Gasteiger partial charge in [0, 0.05) is 38.0 Å². The SMILES string of the molecule is COCCCOc1cc2c(cc1OC(C)C)-c1cc(=O)c(C(=O)OC)cn1N1[C@@H]2CCC1(C)C. The third-order valence-corrected chi connectivity index (χ3v) is 6.48. The predicted molar refractivity (Wildman–Crippen MR) is 130 cm³/mol. The molecule has 1 aromatic carbocycles. The number of carbonyl (C=O) groups excluding carboxylic acids is 1. The monoisotopic (exact) mass is 470 g/mol. The van der Waals surface area contributed by atoms with E-state index in [0.29, 0.717) is 24.7 Å². The van der Waals surface area contributed by atoms with Crippen molar-refractivity contribution in [3.8, 4) is 22.8 Å². The fourth-order valence-corrected chi connectivity index (χ4v) is 4.96. The topological polar surface area (TPSA) is 79.2 Å². The molecule has 3 heterocycles. The molecule has 0 aliphatic carbocycles. The second kappa shape index (κ2) is 9.33. The average molecular weight is 471 g/mol. The van der Waals surface area contributed by atoms with Crippen molar-refractivity contribution in [2.24, 2.45) is 0 Å². The Morgan fingerprint density at radius 3 is 2.59 bits per heavy atom. The molecule has 0 unspecified atom stereocenters. The molecule has 8 nitrogen and oxygen atoms in total. The lowest BCUT2D eigenvalue weighted by atomic mass is 9.93. The summed E-state index contributed by atoms with van der Waals surface area (Å²) in [5, 5.41) is 2.26. The van der Waals surface area contributed by atoms with Crippen LogP contribution in [-0.4, -0.2) is 49.7 Å². The molecule has 0 spiro atoms. The number of nitrogens with zero attached hydrogens (tertiary/aromatic N) is 2. The van der Waals surface area contributed by atoms with Crippen LogP contribution in [0, 0.1) is 0 Å². The molecular formula is C26H34N2O6. The Morgan fingerprint density at radius 1 is 1.15 bits per heavy atom. The van der Waals surface area contributed by atoms with E-state index in [-0.39, 0.29) is 28.7 Å². The van der Waals surface area contributed by atoms with Crippen molar-refractivity contribution in [2.75, 3.05) is 32.4 Å². The highest BCUT2D eigenvalue weighted by Crippen LogP contribution is 2.50. The molecule has 34 heavy (non-hydrogen) atoms. The predicted octanol–water partition coefficient (Wildman–Crippen LogP) is 4.07. The van der Waals surface area contributed by atoms with E-state index in [1.54, 1.807) is 13.3 Å². The van der Waals surface area contributed by atoms with Crippen molar-refractivity contribution < 1.29 is 23.7 Å². The highest BCUT2D eigenvalue weighted by atomic mass is 16.5. The molecule has 1 saturated heterocycles. The number of benzene rings is 1. The van der Waals surface area contributed by atoms with Gasteiger partial charge in [-0.15, -0.1) is 0 Å². The van der Waals surface area contributed by atoms with Crippen molar-refractivity contribution in [1.82, 2.24) is 4.68 Å².